The normalized spacial score (nSPS) is 17.6. The Kier molecular flexibility index (Phi) is 6.88. The summed E-state index contributed by atoms with van der Waals surface area (Å²) in [6, 6.07) is 6.67. The second-order valence-corrected chi connectivity index (χ2v) is 8.78. The standard InChI is InChI=1S/C21H28ClN5O4/c1-14-11-25(9-10-26(14)20(29)27-8-7-16(24-27)19(23)28)12-15-5-4-6-17(18(15)22)31-13-21(2,3)30/h4-8,14,30H,9-13H2,1-3H3,(H2,23,28)/t14-/m1/s1. The lowest BCUT2D eigenvalue weighted by Crippen LogP contribution is -2.54. The number of halogens is 1. The van der Waals surface area contributed by atoms with Crippen molar-refractivity contribution in [2.75, 3.05) is 26.2 Å². The predicted molar refractivity (Wildman–Crippen MR) is 116 cm³/mol. The molecule has 2 aromatic rings. The maximum absolute atomic E-state index is 12.8. The number of primary amides is 1. The van der Waals surface area contributed by atoms with Crippen molar-refractivity contribution in [2.45, 2.75) is 39.0 Å². The van der Waals surface area contributed by atoms with E-state index in [9.17, 15) is 14.7 Å². The Balaban J connectivity index is 1.62. The van der Waals surface area contributed by atoms with Gasteiger partial charge in [0.15, 0.2) is 5.69 Å². The van der Waals surface area contributed by atoms with Gasteiger partial charge in [-0.25, -0.2) is 4.79 Å². The molecule has 1 aromatic carbocycles. The average molecular weight is 450 g/mol. The zero-order valence-electron chi connectivity index (χ0n) is 17.9. The molecule has 0 spiro atoms. The first-order chi connectivity index (χ1) is 14.5. The number of rotatable bonds is 6. The Morgan fingerprint density at radius 1 is 1.32 bits per heavy atom. The third-order valence-electron chi connectivity index (χ3n) is 5.01. The number of carbonyl (C=O) groups is 2. The molecule has 0 saturated carbocycles. The predicted octanol–water partition coefficient (Wildman–Crippen LogP) is 1.96. The number of aliphatic hydroxyl groups is 1. The molecule has 1 aromatic heterocycles. The Bertz CT molecular complexity index is 955. The van der Waals surface area contributed by atoms with E-state index in [4.69, 9.17) is 22.1 Å². The highest BCUT2D eigenvalue weighted by Crippen LogP contribution is 2.30. The topological polar surface area (TPSA) is 114 Å². The van der Waals surface area contributed by atoms with Crippen LogP contribution in [-0.4, -0.2) is 74.5 Å². The number of hydrogen-bond donors (Lipinski definition) is 2. The minimum atomic E-state index is -0.954. The van der Waals surface area contributed by atoms with Crippen molar-refractivity contribution in [1.82, 2.24) is 19.6 Å². The van der Waals surface area contributed by atoms with Gasteiger partial charge < -0.3 is 20.5 Å². The second-order valence-electron chi connectivity index (χ2n) is 8.40. The van der Waals surface area contributed by atoms with Crippen LogP contribution in [0.3, 0.4) is 0 Å². The molecule has 0 radical (unpaired) electrons. The van der Waals surface area contributed by atoms with Gasteiger partial charge in [0, 0.05) is 38.4 Å². The van der Waals surface area contributed by atoms with Crippen molar-refractivity contribution in [2.24, 2.45) is 5.73 Å². The van der Waals surface area contributed by atoms with Crippen molar-refractivity contribution in [3.8, 4) is 5.75 Å². The zero-order chi connectivity index (χ0) is 22.8. The van der Waals surface area contributed by atoms with E-state index in [1.165, 1.54) is 12.3 Å². The quantitative estimate of drug-likeness (QED) is 0.696. The van der Waals surface area contributed by atoms with Crippen molar-refractivity contribution >= 4 is 23.5 Å². The summed E-state index contributed by atoms with van der Waals surface area (Å²) < 4.78 is 6.82. The first-order valence-corrected chi connectivity index (χ1v) is 10.4. The van der Waals surface area contributed by atoms with Gasteiger partial charge in [-0.1, -0.05) is 23.7 Å². The van der Waals surface area contributed by atoms with Gasteiger partial charge in [-0.2, -0.15) is 9.78 Å². The van der Waals surface area contributed by atoms with Gasteiger partial charge in [-0.3, -0.25) is 9.69 Å². The summed E-state index contributed by atoms with van der Waals surface area (Å²) in [4.78, 5) is 27.9. The fourth-order valence-corrected chi connectivity index (χ4v) is 3.68. The van der Waals surface area contributed by atoms with Crippen molar-refractivity contribution in [1.29, 1.82) is 0 Å². The van der Waals surface area contributed by atoms with E-state index in [2.05, 4.69) is 10.00 Å². The lowest BCUT2D eigenvalue weighted by Gasteiger charge is -2.39. The Morgan fingerprint density at radius 3 is 2.68 bits per heavy atom. The molecule has 0 unspecified atom stereocenters. The maximum atomic E-state index is 12.8. The largest absolute Gasteiger partial charge is 0.489 e. The zero-order valence-corrected chi connectivity index (χ0v) is 18.7. The number of amides is 2. The minimum absolute atomic E-state index is 0.0565. The third kappa shape index (κ3) is 5.75. The smallest absolute Gasteiger partial charge is 0.344 e. The van der Waals surface area contributed by atoms with Crippen LogP contribution in [0.25, 0.3) is 0 Å². The van der Waals surface area contributed by atoms with Crippen LogP contribution in [-0.2, 0) is 6.54 Å². The van der Waals surface area contributed by atoms with Crippen LogP contribution in [0.15, 0.2) is 30.5 Å². The summed E-state index contributed by atoms with van der Waals surface area (Å²) in [7, 11) is 0. The van der Waals surface area contributed by atoms with E-state index < -0.39 is 11.5 Å². The Hall–Kier alpha value is -2.62. The molecule has 1 fully saturated rings. The van der Waals surface area contributed by atoms with Gasteiger partial charge in [0.2, 0.25) is 0 Å². The molecule has 1 saturated heterocycles. The van der Waals surface area contributed by atoms with Gasteiger partial charge in [0.25, 0.3) is 5.91 Å². The molecular formula is C21H28ClN5O4. The molecular weight excluding hydrogens is 422 g/mol. The first kappa shape index (κ1) is 23.1. The summed E-state index contributed by atoms with van der Waals surface area (Å²) in [6.45, 7) is 7.88. The van der Waals surface area contributed by atoms with E-state index in [1.54, 1.807) is 24.8 Å². The van der Waals surface area contributed by atoms with Crippen molar-refractivity contribution in [3.63, 3.8) is 0 Å². The van der Waals surface area contributed by atoms with Crippen LogP contribution in [0.4, 0.5) is 4.79 Å². The monoisotopic (exact) mass is 449 g/mol. The Morgan fingerprint density at radius 2 is 2.06 bits per heavy atom. The van der Waals surface area contributed by atoms with Crippen molar-refractivity contribution < 1.29 is 19.4 Å². The maximum Gasteiger partial charge on any atom is 0.344 e. The fraction of sp³-hybridized carbons (Fsp3) is 0.476. The molecule has 2 amide bonds. The molecule has 168 valence electrons. The molecule has 0 aliphatic carbocycles. The highest BCUT2D eigenvalue weighted by molar-refractivity contribution is 6.32. The molecule has 1 atom stereocenters. The number of ether oxygens (including phenoxy) is 1. The third-order valence-corrected chi connectivity index (χ3v) is 5.44. The number of nitrogens with zero attached hydrogens (tertiary/aromatic N) is 4. The molecule has 1 aliphatic heterocycles. The Labute approximate surface area is 186 Å². The molecule has 31 heavy (non-hydrogen) atoms. The van der Waals surface area contributed by atoms with E-state index in [1.807, 2.05) is 19.1 Å². The molecule has 9 nitrogen and oxygen atoms in total. The van der Waals surface area contributed by atoms with Crippen LogP contribution >= 0.6 is 11.6 Å². The molecule has 0 bridgehead atoms. The van der Waals surface area contributed by atoms with Crippen LogP contribution in [0.2, 0.25) is 5.02 Å². The van der Waals surface area contributed by atoms with Gasteiger partial charge in [0.05, 0.1) is 10.6 Å². The van der Waals surface area contributed by atoms with E-state index in [-0.39, 0.29) is 24.4 Å². The summed E-state index contributed by atoms with van der Waals surface area (Å²) >= 11 is 6.53. The number of hydrogen-bond acceptors (Lipinski definition) is 6. The van der Waals surface area contributed by atoms with Crippen LogP contribution < -0.4 is 10.5 Å². The van der Waals surface area contributed by atoms with Crippen LogP contribution in [0.1, 0.15) is 36.8 Å². The van der Waals surface area contributed by atoms with Crippen molar-refractivity contribution in [3.05, 3.63) is 46.7 Å². The highest BCUT2D eigenvalue weighted by Gasteiger charge is 2.29. The molecule has 3 rings (SSSR count). The molecule has 2 heterocycles. The number of nitrogens with two attached hydrogens (primary N) is 1. The average Bonchev–Trinajstić information content (AvgIpc) is 3.18. The number of aromatic nitrogens is 2. The summed E-state index contributed by atoms with van der Waals surface area (Å²) in [5.74, 6) is -0.137. The molecule has 10 heteroatoms. The summed E-state index contributed by atoms with van der Waals surface area (Å²) in [6.07, 6.45) is 1.44. The minimum Gasteiger partial charge on any atom is -0.489 e. The van der Waals surface area contributed by atoms with E-state index in [0.717, 1.165) is 10.2 Å². The lowest BCUT2D eigenvalue weighted by atomic mass is 10.1. The highest BCUT2D eigenvalue weighted by atomic mass is 35.5. The van der Waals surface area contributed by atoms with Crippen LogP contribution in [0.5, 0.6) is 5.75 Å². The summed E-state index contributed by atoms with van der Waals surface area (Å²) in [5.41, 5.74) is 5.23. The van der Waals surface area contributed by atoms with Gasteiger partial charge in [-0.05, 0) is 38.5 Å². The van der Waals surface area contributed by atoms with E-state index in [0.29, 0.717) is 37.0 Å². The summed E-state index contributed by atoms with van der Waals surface area (Å²) in [5, 5.41) is 14.3. The SMILES string of the molecule is C[C@@H]1CN(Cc2cccc(OCC(C)(C)O)c2Cl)CCN1C(=O)n1ccc(C(N)=O)n1. The van der Waals surface area contributed by atoms with Gasteiger partial charge >= 0.3 is 6.03 Å². The number of carbonyl (C=O) groups excluding carboxylic acids is 2. The molecule has 1 aliphatic rings. The number of benzene rings is 1. The molecule has 3 N–H and O–H groups in total. The van der Waals surface area contributed by atoms with Gasteiger partial charge in [0.1, 0.15) is 12.4 Å². The van der Waals surface area contributed by atoms with E-state index >= 15 is 0 Å². The van der Waals surface area contributed by atoms with Gasteiger partial charge in [-0.15, -0.1) is 0 Å². The second kappa shape index (κ2) is 9.25. The lowest BCUT2D eigenvalue weighted by molar-refractivity contribution is 0.0284. The fourth-order valence-electron chi connectivity index (χ4n) is 3.44. The van der Waals surface area contributed by atoms with Crippen LogP contribution in [0, 0.1) is 0 Å². The first-order valence-electron chi connectivity index (χ1n) is 10.1. The number of piperazine rings is 1.